The Labute approximate surface area is 164 Å². The van der Waals surface area contributed by atoms with E-state index in [0.29, 0.717) is 42.6 Å². The molecule has 3 aromatic rings. The maximum absolute atomic E-state index is 13.5. The average molecular weight is 405 g/mol. The lowest BCUT2D eigenvalue weighted by Crippen LogP contribution is -2.49. The highest BCUT2D eigenvalue weighted by Crippen LogP contribution is 2.40. The van der Waals surface area contributed by atoms with Crippen molar-refractivity contribution in [2.75, 3.05) is 32.8 Å². The van der Waals surface area contributed by atoms with Crippen molar-refractivity contribution in [2.24, 2.45) is 0 Å². The van der Waals surface area contributed by atoms with Gasteiger partial charge in [0, 0.05) is 26.2 Å². The molecule has 28 heavy (non-hydrogen) atoms. The van der Waals surface area contributed by atoms with Gasteiger partial charge in [0.2, 0.25) is 10.8 Å². The van der Waals surface area contributed by atoms with E-state index >= 15 is 0 Å². The van der Waals surface area contributed by atoms with Gasteiger partial charge < -0.3 is 14.7 Å². The second kappa shape index (κ2) is 7.72. The van der Waals surface area contributed by atoms with Gasteiger partial charge >= 0.3 is 6.09 Å². The number of hydrogen-bond acceptors (Lipinski definition) is 7. The summed E-state index contributed by atoms with van der Waals surface area (Å²) in [6, 6.07) is 5.95. The largest absolute Gasteiger partial charge is 0.492 e. The molecule has 0 bridgehead atoms. The number of hydrogen-bond donors (Lipinski definition) is 1. The Kier molecular flexibility index (Phi) is 5.14. The van der Waals surface area contributed by atoms with Crippen LogP contribution in [0.4, 0.5) is 9.18 Å². The van der Waals surface area contributed by atoms with Gasteiger partial charge in [-0.2, -0.15) is 9.61 Å². The van der Waals surface area contributed by atoms with Gasteiger partial charge in [-0.1, -0.05) is 23.5 Å². The minimum absolute atomic E-state index is 0.0275. The molecule has 2 aromatic heterocycles. The Morgan fingerprint density at radius 1 is 1.29 bits per heavy atom. The summed E-state index contributed by atoms with van der Waals surface area (Å²) in [5.74, 6) is -0.291. The number of aromatic nitrogens is 3. The number of amides is 1. The van der Waals surface area contributed by atoms with E-state index in [0.717, 1.165) is 5.56 Å². The van der Waals surface area contributed by atoms with Gasteiger partial charge in [-0.25, -0.2) is 14.2 Å². The van der Waals surface area contributed by atoms with Crippen molar-refractivity contribution >= 4 is 22.4 Å². The van der Waals surface area contributed by atoms with Gasteiger partial charge in [-0.05, 0) is 24.6 Å². The minimum atomic E-state index is -0.318. The van der Waals surface area contributed by atoms with Crippen molar-refractivity contribution < 1.29 is 19.0 Å². The third kappa shape index (κ3) is 3.40. The summed E-state index contributed by atoms with van der Waals surface area (Å²) in [5, 5.41) is 14.7. The molecular formula is C18H20FN5O3S. The number of piperazine rings is 1. The Morgan fingerprint density at radius 3 is 2.64 bits per heavy atom. The lowest BCUT2D eigenvalue weighted by atomic mass is 10.0. The molecule has 1 amide bonds. The Balaban J connectivity index is 1.64. The summed E-state index contributed by atoms with van der Waals surface area (Å²) in [6.07, 6.45) is 1.07. The highest BCUT2D eigenvalue weighted by Gasteiger charge is 2.32. The van der Waals surface area contributed by atoms with Crippen molar-refractivity contribution in [3.8, 4) is 5.88 Å². The molecule has 0 saturated carbocycles. The number of ether oxygens (including phenoxy) is 1. The molecule has 0 spiro atoms. The summed E-state index contributed by atoms with van der Waals surface area (Å²) in [7, 11) is 0. The van der Waals surface area contributed by atoms with E-state index in [4.69, 9.17) is 4.74 Å². The third-order valence-electron chi connectivity index (χ3n) is 4.78. The van der Waals surface area contributed by atoms with Crippen molar-refractivity contribution in [2.45, 2.75) is 13.0 Å². The predicted molar refractivity (Wildman–Crippen MR) is 101 cm³/mol. The number of benzene rings is 1. The molecule has 1 aliphatic heterocycles. The second-order valence-electron chi connectivity index (χ2n) is 6.42. The smallest absolute Gasteiger partial charge is 0.409 e. The standard InChI is InChI=1S/C18H20FN5O3S/c1-2-27-18(26)23-9-7-22(8-10-23)14(12-3-5-13(19)6-4-12)15-16(25)24-17(28-15)20-11-21-24/h3-6,11,14,25H,2,7-10H2,1H3. The molecule has 1 atom stereocenters. The quantitative estimate of drug-likeness (QED) is 0.718. The number of carbonyl (C=O) groups is 1. The van der Waals surface area contributed by atoms with Gasteiger partial charge in [0.05, 0.1) is 17.5 Å². The van der Waals surface area contributed by atoms with Crippen molar-refractivity contribution in [1.29, 1.82) is 0 Å². The van der Waals surface area contributed by atoms with Crippen LogP contribution in [0, 0.1) is 5.82 Å². The van der Waals surface area contributed by atoms with E-state index in [1.807, 2.05) is 0 Å². The van der Waals surface area contributed by atoms with Crippen LogP contribution in [0.1, 0.15) is 23.4 Å². The van der Waals surface area contributed by atoms with Crippen LogP contribution in [0.15, 0.2) is 30.6 Å². The van der Waals surface area contributed by atoms with Gasteiger partial charge in [-0.3, -0.25) is 4.90 Å². The first-order chi connectivity index (χ1) is 13.6. The molecule has 0 radical (unpaired) electrons. The fraction of sp³-hybridized carbons (Fsp3) is 0.389. The van der Waals surface area contributed by atoms with Crippen LogP contribution >= 0.6 is 11.3 Å². The zero-order valence-corrected chi connectivity index (χ0v) is 16.1. The summed E-state index contributed by atoms with van der Waals surface area (Å²) >= 11 is 1.35. The second-order valence-corrected chi connectivity index (χ2v) is 7.43. The Hall–Kier alpha value is -2.72. The fourth-order valence-corrected chi connectivity index (χ4v) is 4.51. The van der Waals surface area contributed by atoms with Crippen molar-refractivity contribution in [3.05, 3.63) is 46.9 Å². The van der Waals surface area contributed by atoms with Crippen molar-refractivity contribution in [1.82, 2.24) is 24.4 Å². The molecule has 1 unspecified atom stereocenters. The number of halogens is 1. The first kappa shape index (κ1) is 18.6. The van der Waals surface area contributed by atoms with Crippen LogP contribution in [-0.4, -0.2) is 68.4 Å². The molecule has 10 heteroatoms. The number of rotatable bonds is 4. The average Bonchev–Trinajstić information content (AvgIpc) is 3.28. The molecule has 8 nitrogen and oxygen atoms in total. The monoisotopic (exact) mass is 405 g/mol. The molecular weight excluding hydrogens is 385 g/mol. The maximum Gasteiger partial charge on any atom is 0.409 e. The molecule has 1 fully saturated rings. The minimum Gasteiger partial charge on any atom is -0.492 e. The molecule has 1 saturated heterocycles. The van der Waals surface area contributed by atoms with Gasteiger partial charge in [-0.15, -0.1) is 0 Å². The number of aromatic hydroxyl groups is 1. The van der Waals surface area contributed by atoms with E-state index in [1.165, 1.54) is 34.3 Å². The first-order valence-electron chi connectivity index (χ1n) is 9.01. The summed E-state index contributed by atoms with van der Waals surface area (Å²) in [6.45, 7) is 4.33. The number of thiazole rings is 1. The van der Waals surface area contributed by atoms with E-state index in [9.17, 15) is 14.3 Å². The Bertz CT molecular complexity index is 965. The van der Waals surface area contributed by atoms with E-state index in [-0.39, 0.29) is 23.8 Å². The van der Waals surface area contributed by atoms with E-state index in [1.54, 1.807) is 24.0 Å². The lowest BCUT2D eigenvalue weighted by Gasteiger charge is -2.38. The van der Waals surface area contributed by atoms with Gasteiger partial charge in [0.25, 0.3) is 0 Å². The van der Waals surface area contributed by atoms with Crippen LogP contribution < -0.4 is 0 Å². The number of carbonyl (C=O) groups excluding carboxylic acids is 1. The Morgan fingerprint density at radius 2 is 2.00 bits per heavy atom. The van der Waals surface area contributed by atoms with Crippen LogP contribution in [0.25, 0.3) is 4.96 Å². The first-order valence-corrected chi connectivity index (χ1v) is 9.82. The SMILES string of the molecule is CCOC(=O)N1CCN(C(c2ccc(F)cc2)c2sc3ncnn3c2O)CC1. The van der Waals surface area contributed by atoms with Crippen molar-refractivity contribution in [3.63, 3.8) is 0 Å². The molecule has 3 heterocycles. The van der Waals surface area contributed by atoms with E-state index in [2.05, 4.69) is 15.0 Å². The summed E-state index contributed by atoms with van der Waals surface area (Å²) < 4.78 is 19.9. The normalized spacial score (nSPS) is 16.4. The third-order valence-corrected chi connectivity index (χ3v) is 5.86. The lowest BCUT2D eigenvalue weighted by molar-refractivity contribution is 0.0715. The predicted octanol–water partition coefficient (Wildman–Crippen LogP) is 2.50. The van der Waals surface area contributed by atoms with Crippen LogP contribution in [0.2, 0.25) is 0 Å². The fourth-order valence-electron chi connectivity index (χ4n) is 3.42. The molecule has 0 aliphatic carbocycles. The van der Waals surface area contributed by atoms with E-state index < -0.39 is 0 Å². The number of fused-ring (bicyclic) bond motifs is 1. The van der Waals surface area contributed by atoms with Crippen LogP contribution in [0.5, 0.6) is 5.88 Å². The molecule has 4 rings (SSSR count). The van der Waals surface area contributed by atoms with Gasteiger partial charge in [0.1, 0.15) is 12.1 Å². The molecule has 1 aromatic carbocycles. The number of nitrogens with zero attached hydrogens (tertiary/aromatic N) is 5. The highest BCUT2D eigenvalue weighted by atomic mass is 32.1. The van der Waals surface area contributed by atoms with Gasteiger partial charge in [0.15, 0.2) is 0 Å². The molecule has 148 valence electrons. The summed E-state index contributed by atoms with van der Waals surface area (Å²) in [4.78, 5) is 21.2. The maximum atomic E-state index is 13.5. The topological polar surface area (TPSA) is 83.2 Å². The highest BCUT2D eigenvalue weighted by molar-refractivity contribution is 7.17. The molecule has 1 N–H and O–H groups in total. The zero-order chi connectivity index (χ0) is 19.7. The molecule has 1 aliphatic rings. The van der Waals surface area contributed by atoms with Crippen LogP contribution in [-0.2, 0) is 4.74 Å². The summed E-state index contributed by atoms with van der Waals surface area (Å²) in [5.41, 5.74) is 0.853. The zero-order valence-electron chi connectivity index (χ0n) is 15.3. The van der Waals surface area contributed by atoms with Crippen LogP contribution in [0.3, 0.4) is 0 Å².